The minimum atomic E-state index is -0.229. The predicted molar refractivity (Wildman–Crippen MR) is 69.5 cm³/mol. The number of aryl methyl sites for hydroxylation is 1. The summed E-state index contributed by atoms with van der Waals surface area (Å²) in [6.45, 7) is 1.97. The van der Waals surface area contributed by atoms with E-state index < -0.39 is 0 Å². The molecule has 1 amide bonds. The molecule has 2 heterocycles. The van der Waals surface area contributed by atoms with Crippen LogP contribution in [0.3, 0.4) is 0 Å². The third kappa shape index (κ3) is 2.20. The molecule has 0 aliphatic rings. The zero-order chi connectivity index (χ0) is 13.1. The summed E-state index contributed by atoms with van der Waals surface area (Å²) in [5.74, 6) is 0.868. The third-order valence-corrected chi connectivity index (χ3v) is 2.71. The quantitative estimate of drug-likeness (QED) is 0.898. The van der Waals surface area contributed by atoms with Gasteiger partial charge in [0.1, 0.15) is 5.76 Å². The van der Waals surface area contributed by atoms with Crippen LogP contribution in [0.4, 0.5) is 11.4 Å². The predicted octanol–water partition coefficient (Wildman–Crippen LogP) is 2.10. The highest BCUT2D eigenvalue weighted by Crippen LogP contribution is 2.22. The lowest BCUT2D eigenvalue weighted by Crippen LogP contribution is -2.26. The second kappa shape index (κ2) is 4.91. The van der Waals surface area contributed by atoms with Gasteiger partial charge in [-0.3, -0.25) is 9.78 Å². The van der Waals surface area contributed by atoms with Gasteiger partial charge in [-0.2, -0.15) is 0 Å². The van der Waals surface area contributed by atoms with Gasteiger partial charge in [0, 0.05) is 19.7 Å². The van der Waals surface area contributed by atoms with Gasteiger partial charge in [-0.05, 0) is 18.2 Å². The number of nitrogens with zero attached hydrogens (tertiary/aromatic N) is 2. The number of nitrogen functional groups attached to an aromatic ring is 1. The number of aromatic nitrogens is 1. The van der Waals surface area contributed by atoms with Gasteiger partial charge in [-0.15, -0.1) is 0 Å². The largest absolute Gasteiger partial charge is 0.456 e. The van der Waals surface area contributed by atoms with Crippen LogP contribution in [0.25, 0.3) is 0 Å². The van der Waals surface area contributed by atoms with Crippen LogP contribution in [-0.4, -0.2) is 17.9 Å². The molecule has 2 aromatic heterocycles. The van der Waals surface area contributed by atoms with Crippen LogP contribution in [-0.2, 0) is 6.42 Å². The van der Waals surface area contributed by atoms with Crippen LogP contribution in [0.2, 0.25) is 0 Å². The van der Waals surface area contributed by atoms with E-state index in [1.165, 1.54) is 11.1 Å². The summed E-state index contributed by atoms with van der Waals surface area (Å²) in [5, 5.41) is 0. The number of amides is 1. The molecule has 2 rings (SSSR count). The first-order valence-electron chi connectivity index (χ1n) is 5.69. The number of rotatable bonds is 3. The van der Waals surface area contributed by atoms with Gasteiger partial charge < -0.3 is 15.1 Å². The molecule has 5 heteroatoms. The molecule has 5 nitrogen and oxygen atoms in total. The fourth-order valence-electron chi connectivity index (χ4n) is 1.66. The Labute approximate surface area is 105 Å². The third-order valence-electron chi connectivity index (χ3n) is 2.71. The van der Waals surface area contributed by atoms with Crippen molar-refractivity contribution in [3.63, 3.8) is 0 Å². The minimum absolute atomic E-state index is 0.229. The number of pyridine rings is 1. The molecule has 2 N–H and O–H groups in total. The van der Waals surface area contributed by atoms with E-state index in [1.54, 1.807) is 31.4 Å². The van der Waals surface area contributed by atoms with Crippen LogP contribution in [0, 0.1) is 0 Å². The van der Waals surface area contributed by atoms with Crippen LogP contribution in [0.5, 0.6) is 0 Å². The van der Waals surface area contributed by atoms with Gasteiger partial charge in [-0.1, -0.05) is 6.92 Å². The van der Waals surface area contributed by atoms with Crippen molar-refractivity contribution in [2.45, 2.75) is 13.3 Å². The molecule has 0 radical (unpaired) electrons. The summed E-state index contributed by atoms with van der Waals surface area (Å²) >= 11 is 0. The summed E-state index contributed by atoms with van der Waals surface area (Å²) < 4.78 is 5.43. The molecule has 0 aromatic carbocycles. The molecular weight excluding hydrogens is 230 g/mol. The highest BCUT2D eigenvalue weighted by molar-refractivity contribution is 6.05. The molecule has 18 heavy (non-hydrogen) atoms. The zero-order valence-electron chi connectivity index (χ0n) is 10.4. The van der Waals surface area contributed by atoms with Crippen LogP contribution in [0.1, 0.15) is 23.2 Å². The van der Waals surface area contributed by atoms with Gasteiger partial charge in [-0.25, -0.2) is 0 Å². The van der Waals surface area contributed by atoms with E-state index in [1.807, 2.05) is 6.92 Å². The van der Waals surface area contributed by atoms with Crippen LogP contribution >= 0.6 is 0 Å². The lowest BCUT2D eigenvalue weighted by atomic mass is 10.3. The first-order valence-corrected chi connectivity index (χ1v) is 5.69. The molecule has 94 valence electrons. The Morgan fingerprint density at radius 1 is 1.44 bits per heavy atom. The lowest BCUT2D eigenvalue weighted by Gasteiger charge is -2.17. The van der Waals surface area contributed by atoms with E-state index >= 15 is 0 Å². The Balaban J connectivity index is 2.26. The maximum Gasteiger partial charge on any atom is 0.293 e. The summed E-state index contributed by atoms with van der Waals surface area (Å²) in [7, 11) is 1.65. The van der Waals surface area contributed by atoms with Crippen molar-refractivity contribution in [1.82, 2.24) is 4.98 Å². The highest BCUT2D eigenvalue weighted by Gasteiger charge is 2.18. The molecule has 0 aliphatic heterocycles. The Hall–Kier alpha value is -2.30. The summed E-state index contributed by atoms with van der Waals surface area (Å²) in [5.41, 5.74) is 6.85. The number of carbonyl (C=O) groups excluding carboxylic acids is 1. The number of nitrogens with two attached hydrogens (primary N) is 1. The highest BCUT2D eigenvalue weighted by atomic mass is 16.4. The molecule has 0 aliphatic carbocycles. The molecule has 0 atom stereocenters. The monoisotopic (exact) mass is 245 g/mol. The van der Waals surface area contributed by atoms with Crippen molar-refractivity contribution < 1.29 is 9.21 Å². The van der Waals surface area contributed by atoms with Crippen molar-refractivity contribution in [3.8, 4) is 0 Å². The molecule has 0 fully saturated rings. The van der Waals surface area contributed by atoms with Gasteiger partial charge in [0.25, 0.3) is 5.91 Å². The smallest absolute Gasteiger partial charge is 0.293 e. The average molecular weight is 245 g/mol. The molecular formula is C13H15N3O2. The SMILES string of the molecule is CCc1ccc(C(=O)N(C)c2ccncc2N)o1. The molecule has 2 aromatic rings. The summed E-state index contributed by atoms with van der Waals surface area (Å²) in [6.07, 6.45) is 3.86. The first kappa shape index (κ1) is 12.2. The zero-order valence-corrected chi connectivity index (χ0v) is 10.4. The Bertz CT molecular complexity index is 563. The Morgan fingerprint density at radius 2 is 2.22 bits per heavy atom. The lowest BCUT2D eigenvalue weighted by molar-refractivity contribution is 0.0965. The fraction of sp³-hybridized carbons (Fsp3) is 0.231. The number of anilines is 2. The van der Waals surface area contributed by atoms with Crippen molar-refractivity contribution in [3.05, 3.63) is 42.1 Å². The number of hydrogen-bond donors (Lipinski definition) is 1. The number of carbonyl (C=O) groups is 1. The van der Waals surface area contributed by atoms with Gasteiger partial charge in [0.15, 0.2) is 5.76 Å². The average Bonchev–Trinajstić information content (AvgIpc) is 2.86. The summed E-state index contributed by atoms with van der Waals surface area (Å²) in [6, 6.07) is 5.17. The van der Waals surface area contributed by atoms with Crippen molar-refractivity contribution >= 4 is 17.3 Å². The van der Waals surface area contributed by atoms with Crippen molar-refractivity contribution in [1.29, 1.82) is 0 Å². The molecule has 0 saturated carbocycles. The molecule has 0 saturated heterocycles. The van der Waals surface area contributed by atoms with E-state index in [-0.39, 0.29) is 5.91 Å². The van der Waals surface area contributed by atoms with Crippen LogP contribution < -0.4 is 10.6 Å². The normalized spacial score (nSPS) is 10.3. The van der Waals surface area contributed by atoms with E-state index in [0.29, 0.717) is 17.1 Å². The molecule has 0 bridgehead atoms. The second-order valence-electron chi connectivity index (χ2n) is 3.92. The summed E-state index contributed by atoms with van der Waals surface area (Å²) in [4.78, 5) is 17.5. The number of furan rings is 1. The first-order chi connectivity index (χ1) is 8.63. The van der Waals surface area contributed by atoms with Gasteiger partial charge in [0.2, 0.25) is 0 Å². The van der Waals surface area contributed by atoms with Gasteiger partial charge >= 0.3 is 0 Å². The maximum atomic E-state index is 12.2. The number of hydrogen-bond acceptors (Lipinski definition) is 4. The molecule has 0 spiro atoms. The van der Waals surface area contributed by atoms with Crippen molar-refractivity contribution in [2.75, 3.05) is 17.7 Å². The standard InChI is InChI=1S/C13H15N3O2/c1-3-9-4-5-12(18-9)13(17)16(2)11-6-7-15-8-10(11)14/h4-8H,3,14H2,1-2H3. The van der Waals surface area contributed by atoms with Gasteiger partial charge in [0.05, 0.1) is 17.6 Å². The second-order valence-corrected chi connectivity index (χ2v) is 3.92. The Morgan fingerprint density at radius 3 is 2.83 bits per heavy atom. The fourth-order valence-corrected chi connectivity index (χ4v) is 1.66. The van der Waals surface area contributed by atoms with Crippen LogP contribution in [0.15, 0.2) is 35.0 Å². The Kier molecular flexibility index (Phi) is 3.32. The van der Waals surface area contributed by atoms with E-state index in [2.05, 4.69) is 4.98 Å². The minimum Gasteiger partial charge on any atom is -0.456 e. The topological polar surface area (TPSA) is 72.4 Å². The maximum absolute atomic E-state index is 12.2. The van der Waals surface area contributed by atoms with E-state index in [0.717, 1.165) is 12.2 Å². The van der Waals surface area contributed by atoms with E-state index in [4.69, 9.17) is 10.2 Å². The van der Waals surface area contributed by atoms with Crippen molar-refractivity contribution in [2.24, 2.45) is 0 Å². The van der Waals surface area contributed by atoms with E-state index in [9.17, 15) is 4.79 Å². The molecule has 0 unspecified atom stereocenters.